The second-order valence-corrected chi connectivity index (χ2v) is 2.30. The minimum absolute atomic E-state index is 0.305. The molecule has 9 heavy (non-hydrogen) atoms. The monoisotopic (exact) mass is 153 g/mol. The van der Waals surface area contributed by atoms with E-state index in [-0.39, 0.29) is 0 Å². The largest absolute Gasteiger partial charge is 0.786 e. The Bertz CT molecular complexity index is 60.5. The van der Waals surface area contributed by atoms with Crippen molar-refractivity contribution >= 4 is 8.60 Å². The summed E-state index contributed by atoms with van der Waals surface area (Å²) >= 11 is 0. The molecule has 0 bridgehead atoms. The molecule has 0 amide bonds. The molecule has 0 heterocycles. The van der Waals surface area contributed by atoms with Crippen molar-refractivity contribution in [2.45, 2.75) is 0 Å². The second kappa shape index (κ2) is 6.39. The molecule has 1 atom stereocenters. The summed E-state index contributed by atoms with van der Waals surface area (Å²) < 4.78 is 13.5. The Kier molecular flexibility index (Phi) is 6.58. The number of methoxy groups -OCH3 is 1. The fourth-order valence-corrected chi connectivity index (χ4v) is 0.577. The summed E-state index contributed by atoms with van der Waals surface area (Å²) in [6.07, 6.45) is 0. The van der Waals surface area contributed by atoms with E-state index in [2.05, 4.69) is 13.8 Å². The number of hydrogen-bond donors (Lipinski definition) is 0. The van der Waals surface area contributed by atoms with Gasteiger partial charge in [-0.15, -0.1) is 0 Å². The van der Waals surface area contributed by atoms with Crippen molar-refractivity contribution in [2.75, 3.05) is 27.4 Å². The first-order valence-corrected chi connectivity index (χ1v) is 3.54. The fourth-order valence-electron chi connectivity index (χ4n) is 0.248. The van der Waals surface area contributed by atoms with Gasteiger partial charge in [-0.1, -0.05) is 0 Å². The molecule has 0 rings (SSSR count). The van der Waals surface area contributed by atoms with Crippen LogP contribution in [0.15, 0.2) is 0 Å². The molecule has 5 heteroatoms. The Morgan fingerprint density at radius 2 is 2.00 bits per heavy atom. The first-order valence-electron chi connectivity index (χ1n) is 2.44. The second-order valence-electron chi connectivity index (χ2n) is 1.23. The van der Waals surface area contributed by atoms with E-state index >= 15 is 0 Å². The van der Waals surface area contributed by atoms with Gasteiger partial charge in [0.05, 0.1) is 21.8 Å². The molecular formula is C4H10O4P-. The van der Waals surface area contributed by atoms with Gasteiger partial charge in [-0.3, -0.25) is 0 Å². The minimum atomic E-state index is -1.92. The van der Waals surface area contributed by atoms with Gasteiger partial charge in [-0.2, -0.15) is 0 Å². The number of rotatable bonds is 5. The standard InChI is InChI=1S/C4H10O4P/c1-6-3-4-8-9(5)7-2/h3-4H2,1-2H3/q-1. The summed E-state index contributed by atoms with van der Waals surface area (Å²) in [6.45, 7) is 0.740. The van der Waals surface area contributed by atoms with Crippen molar-refractivity contribution < 1.29 is 18.7 Å². The molecular weight excluding hydrogens is 143 g/mol. The zero-order valence-corrected chi connectivity index (χ0v) is 6.39. The van der Waals surface area contributed by atoms with E-state index in [9.17, 15) is 4.89 Å². The zero-order valence-electron chi connectivity index (χ0n) is 5.49. The van der Waals surface area contributed by atoms with E-state index in [1.54, 1.807) is 7.11 Å². The van der Waals surface area contributed by atoms with E-state index in [1.165, 1.54) is 7.11 Å². The van der Waals surface area contributed by atoms with Crippen molar-refractivity contribution in [1.82, 2.24) is 0 Å². The first-order chi connectivity index (χ1) is 4.31. The topological polar surface area (TPSA) is 50.8 Å². The van der Waals surface area contributed by atoms with Gasteiger partial charge in [-0.05, 0) is 0 Å². The van der Waals surface area contributed by atoms with Crippen molar-refractivity contribution in [1.29, 1.82) is 0 Å². The molecule has 0 N–H and O–H groups in total. The molecule has 56 valence electrons. The van der Waals surface area contributed by atoms with Crippen molar-refractivity contribution in [3.05, 3.63) is 0 Å². The molecule has 0 aliphatic carbocycles. The average Bonchev–Trinajstić information content (AvgIpc) is 1.89. The van der Waals surface area contributed by atoms with Gasteiger partial charge in [0.25, 0.3) is 0 Å². The quantitative estimate of drug-likeness (QED) is 0.408. The normalized spacial score (nSPS) is 13.7. The summed E-state index contributed by atoms with van der Waals surface area (Å²) in [5.74, 6) is 0. The van der Waals surface area contributed by atoms with Crippen molar-refractivity contribution in [2.24, 2.45) is 0 Å². The van der Waals surface area contributed by atoms with Crippen LogP contribution in [0.4, 0.5) is 0 Å². The van der Waals surface area contributed by atoms with Crippen LogP contribution in [0.1, 0.15) is 0 Å². The average molecular weight is 153 g/mol. The van der Waals surface area contributed by atoms with Crippen molar-refractivity contribution in [3.63, 3.8) is 0 Å². The van der Waals surface area contributed by atoms with E-state index in [4.69, 9.17) is 0 Å². The Balaban J connectivity index is 2.88. The lowest BCUT2D eigenvalue weighted by molar-refractivity contribution is -0.202. The summed E-state index contributed by atoms with van der Waals surface area (Å²) in [4.78, 5) is 10.3. The highest BCUT2D eigenvalue weighted by atomic mass is 31.2. The van der Waals surface area contributed by atoms with Gasteiger partial charge in [0, 0.05) is 14.2 Å². The molecule has 0 aliphatic heterocycles. The molecule has 1 unspecified atom stereocenters. The first kappa shape index (κ1) is 9.27. The molecule has 0 spiro atoms. The molecule has 4 nitrogen and oxygen atoms in total. The van der Waals surface area contributed by atoms with Crippen LogP contribution in [-0.4, -0.2) is 27.4 Å². The molecule has 0 fully saturated rings. The van der Waals surface area contributed by atoms with E-state index in [1.807, 2.05) is 0 Å². The summed E-state index contributed by atoms with van der Waals surface area (Å²) in [7, 11) is 0.950. The third-order valence-corrected chi connectivity index (χ3v) is 1.32. The lowest BCUT2D eigenvalue weighted by Gasteiger charge is -2.18. The summed E-state index contributed by atoms with van der Waals surface area (Å²) in [5.41, 5.74) is 0. The molecule has 0 aromatic heterocycles. The smallest absolute Gasteiger partial charge is 0.0825 e. The lowest BCUT2D eigenvalue weighted by Crippen LogP contribution is -2.05. The highest BCUT2D eigenvalue weighted by Gasteiger charge is 1.88. The van der Waals surface area contributed by atoms with E-state index in [0.29, 0.717) is 13.2 Å². The van der Waals surface area contributed by atoms with Gasteiger partial charge in [-0.25, -0.2) is 0 Å². The molecule has 0 aromatic carbocycles. The summed E-state index contributed by atoms with van der Waals surface area (Å²) in [6, 6.07) is 0. The highest BCUT2D eigenvalue weighted by Crippen LogP contribution is 2.24. The van der Waals surface area contributed by atoms with E-state index < -0.39 is 8.60 Å². The fraction of sp³-hybridized carbons (Fsp3) is 1.00. The Hall–Kier alpha value is 0.270. The number of ether oxygens (including phenoxy) is 1. The van der Waals surface area contributed by atoms with Crippen molar-refractivity contribution in [3.8, 4) is 0 Å². The highest BCUT2D eigenvalue weighted by molar-refractivity contribution is 7.38. The van der Waals surface area contributed by atoms with Gasteiger partial charge in [0.1, 0.15) is 0 Å². The molecule has 0 aromatic rings. The zero-order chi connectivity index (χ0) is 7.11. The van der Waals surface area contributed by atoms with Crippen LogP contribution in [0.5, 0.6) is 0 Å². The van der Waals surface area contributed by atoms with Crippen LogP contribution < -0.4 is 4.89 Å². The van der Waals surface area contributed by atoms with Crippen LogP contribution in [-0.2, 0) is 13.8 Å². The maximum atomic E-state index is 10.3. The molecule has 0 radical (unpaired) electrons. The predicted molar refractivity (Wildman–Crippen MR) is 31.8 cm³/mol. The Labute approximate surface area is 55.7 Å². The van der Waals surface area contributed by atoms with Crippen LogP contribution in [0.25, 0.3) is 0 Å². The predicted octanol–water partition coefficient (Wildman–Crippen LogP) is -0.117. The molecule has 0 saturated heterocycles. The van der Waals surface area contributed by atoms with Crippen LogP contribution in [0.3, 0.4) is 0 Å². The SMILES string of the molecule is COCCOP([O-])OC. The van der Waals surface area contributed by atoms with Crippen LogP contribution in [0.2, 0.25) is 0 Å². The van der Waals surface area contributed by atoms with Crippen LogP contribution in [0, 0.1) is 0 Å². The van der Waals surface area contributed by atoms with E-state index in [0.717, 1.165) is 0 Å². The van der Waals surface area contributed by atoms with Gasteiger partial charge in [0.2, 0.25) is 0 Å². The minimum Gasteiger partial charge on any atom is -0.786 e. The Morgan fingerprint density at radius 3 is 2.44 bits per heavy atom. The maximum absolute atomic E-state index is 10.3. The molecule has 0 saturated carbocycles. The molecule has 0 aliphatic rings. The van der Waals surface area contributed by atoms with Crippen LogP contribution >= 0.6 is 8.60 Å². The van der Waals surface area contributed by atoms with Gasteiger partial charge in [0.15, 0.2) is 0 Å². The maximum Gasteiger partial charge on any atom is 0.0825 e. The Morgan fingerprint density at radius 1 is 1.33 bits per heavy atom. The third kappa shape index (κ3) is 6.15. The number of hydrogen-bond acceptors (Lipinski definition) is 4. The third-order valence-electron chi connectivity index (χ3n) is 0.633. The van der Waals surface area contributed by atoms with Gasteiger partial charge < -0.3 is 18.7 Å². The summed E-state index contributed by atoms with van der Waals surface area (Å²) in [5, 5.41) is 0. The van der Waals surface area contributed by atoms with Gasteiger partial charge >= 0.3 is 0 Å². The lowest BCUT2D eigenvalue weighted by atomic mass is 10.8.